The molecule has 0 fully saturated rings. The molecule has 1 aromatic rings. The molecule has 1 rings (SSSR count). The summed E-state index contributed by atoms with van der Waals surface area (Å²) in [7, 11) is 1.51. The fraction of sp³-hybridized carbons (Fsp3) is 0.200. The third-order valence-electron chi connectivity index (χ3n) is 1.73. The minimum absolute atomic E-state index is 0.0642. The SMILES string of the molecule is COc1cc(CC(=O)I)ccc1C#N. The van der Waals surface area contributed by atoms with Gasteiger partial charge in [-0.05, 0) is 40.3 Å². The van der Waals surface area contributed by atoms with Crippen molar-refractivity contribution in [1.82, 2.24) is 0 Å². The smallest absolute Gasteiger partial charge is 0.196 e. The molecule has 1 aromatic carbocycles. The summed E-state index contributed by atoms with van der Waals surface area (Å²) in [5.74, 6) is 0.516. The molecule has 0 aliphatic heterocycles. The number of halogens is 1. The predicted octanol–water partition coefficient (Wildman–Crippen LogP) is 2.07. The summed E-state index contributed by atoms with van der Waals surface area (Å²) in [6.45, 7) is 0. The second kappa shape index (κ2) is 4.96. The second-order valence-electron chi connectivity index (χ2n) is 2.68. The first-order valence-corrected chi connectivity index (χ1v) is 5.00. The molecule has 0 aliphatic carbocycles. The second-order valence-corrected chi connectivity index (χ2v) is 3.88. The fourth-order valence-electron chi connectivity index (χ4n) is 1.10. The first kappa shape index (κ1) is 11.0. The average molecular weight is 301 g/mol. The molecule has 0 amide bonds. The molecule has 14 heavy (non-hydrogen) atoms. The van der Waals surface area contributed by atoms with Gasteiger partial charge in [0, 0.05) is 6.42 Å². The highest BCUT2D eigenvalue weighted by atomic mass is 127. The summed E-state index contributed by atoms with van der Waals surface area (Å²) in [4.78, 5) is 10.8. The minimum Gasteiger partial charge on any atom is -0.495 e. The van der Waals surface area contributed by atoms with Crippen LogP contribution in [0.3, 0.4) is 0 Å². The Balaban J connectivity index is 3.03. The van der Waals surface area contributed by atoms with Gasteiger partial charge in [-0.1, -0.05) is 6.07 Å². The van der Waals surface area contributed by atoms with Gasteiger partial charge in [0.1, 0.15) is 11.8 Å². The van der Waals surface area contributed by atoms with E-state index in [1.165, 1.54) is 7.11 Å². The van der Waals surface area contributed by atoms with Crippen LogP contribution in [0.15, 0.2) is 18.2 Å². The molecule has 0 atom stereocenters. The highest BCUT2D eigenvalue weighted by Gasteiger charge is 2.05. The van der Waals surface area contributed by atoms with Gasteiger partial charge >= 0.3 is 0 Å². The Bertz CT molecular complexity index is 396. The molecule has 0 saturated carbocycles. The number of hydrogen-bond donors (Lipinski definition) is 0. The lowest BCUT2D eigenvalue weighted by atomic mass is 10.1. The van der Waals surface area contributed by atoms with Crippen LogP contribution in [0.5, 0.6) is 5.75 Å². The van der Waals surface area contributed by atoms with Crippen molar-refractivity contribution in [2.45, 2.75) is 6.42 Å². The molecule has 0 aliphatic rings. The number of methoxy groups -OCH3 is 1. The van der Waals surface area contributed by atoms with Gasteiger partial charge in [0.15, 0.2) is 3.79 Å². The molecule has 0 radical (unpaired) electrons. The Morgan fingerprint density at radius 1 is 1.64 bits per heavy atom. The maximum Gasteiger partial charge on any atom is 0.196 e. The Morgan fingerprint density at radius 2 is 2.36 bits per heavy atom. The van der Waals surface area contributed by atoms with Crippen LogP contribution in [-0.2, 0) is 11.2 Å². The molecule has 0 saturated heterocycles. The van der Waals surface area contributed by atoms with Crippen LogP contribution in [-0.4, -0.2) is 10.9 Å². The number of nitriles is 1. The fourth-order valence-corrected chi connectivity index (χ4v) is 1.54. The number of carbonyl (C=O) groups is 1. The van der Waals surface area contributed by atoms with E-state index in [4.69, 9.17) is 10.00 Å². The van der Waals surface area contributed by atoms with Crippen molar-refractivity contribution in [1.29, 1.82) is 5.26 Å². The average Bonchev–Trinajstić information content (AvgIpc) is 2.16. The van der Waals surface area contributed by atoms with E-state index in [1.54, 1.807) is 40.8 Å². The molecule has 72 valence electrons. The molecule has 4 heteroatoms. The molecule has 0 bridgehead atoms. The Morgan fingerprint density at radius 3 is 2.86 bits per heavy atom. The minimum atomic E-state index is 0.0642. The van der Waals surface area contributed by atoms with Crippen molar-refractivity contribution < 1.29 is 9.53 Å². The van der Waals surface area contributed by atoms with Gasteiger partial charge in [0.25, 0.3) is 0 Å². The normalized spacial score (nSPS) is 9.21. The van der Waals surface area contributed by atoms with Crippen molar-refractivity contribution in [3.05, 3.63) is 29.3 Å². The highest BCUT2D eigenvalue weighted by Crippen LogP contribution is 2.19. The Hall–Kier alpha value is -1.09. The lowest BCUT2D eigenvalue weighted by molar-refractivity contribution is -0.108. The Kier molecular flexibility index (Phi) is 3.89. The van der Waals surface area contributed by atoms with Gasteiger partial charge < -0.3 is 4.74 Å². The van der Waals surface area contributed by atoms with Gasteiger partial charge in [-0.25, -0.2) is 0 Å². The number of carbonyl (C=O) groups excluding carboxylic acids is 1. The van der Waals surface area contributed by atoms with Crippen LogP contribution < -0.4 is 4.74 Å². The van der Waals surface area contributed by atoms with Gasteiger partial charge in [-0.15, -0.1) is 0 Å². The van der Waals surface area contributed by atoms with Gasteiger partial charge in [0.05, 0.1) is 12.7 Å². The molecule has 0 unspecified atom stereocenters. The van der Waals surface area contributed by atoms with E-state index < -0.39 is 0 Å². The number of benzene rings is 1. The molecule has 0 aromatic heterocycles. The zero-order valence-corrected chi connectivity index (χ0v) is 9.74. The monoisotopic (exact) mass is 301 g/mol. The summed E-state index contributed by atoms with van der Waals surface area (Å²) in [5.41, 5.74) is 1.34. The molecule has 3 nitrogen and oxygen atoms in total. The molecule has 0 spiro atoms. The van der Waals surface area contributed by atoms with E-state index in [-0.39, 0.29) is 3.79 Å². The van der Waals surface area contributed by atoms with E-state index in [9.17, 15) is 4.79 Å². The molecule has 0 heterocycles. The molecule has 0 N–H and O–H groups in total. The maximum atomic E-state index is 10.8. The van der Waals surface area contributed by atoms with Crippen molar-refractivity contribution in [2.24, 2.45) is 0 Å². The number of hydrogen-bond acceptors (Lipinski definition) is 3. The Labute approximate surface area is 95.8 Å². The summed E-state index contributed by atoms with van der Waals surface area (Å²) in [6.07, 6.45) is 0.364. The van der Waals surface area contributed by atoms with Crippen molar-refractivity contribution >= 4 is 26.4 Å². The summed E-state index contributed by atoms with van der Waals surface area (Å²) < 4.78 is 5.09. The lowest BCUT2D eigenvalue weighted by Crippen LogP contribution is -1.95. The van der Waals surface area contributed by atoms with E-state index in [2.05, 4.69) is 0 Å². The first-order valence-electron chi connectivity index (χ1n) is 3.92. The van der Waals surface area contributed by atoms with E-state index in [0.29, 0.717) is 17.7 Å². The lowest BCUT2D eigenvalue weighted by Gasteiger charge is -2.04. The third kappa shape index (κ3) is 2.70. The van der Waals surface area contributed by atoms with E-state index >= 15 is 0 Å². The van der Waals surface area contributed by atoms with E-state index in [0.717, 1.165) is 5.56 Å². The third-order valence-corrected chi connectivity index (χ3v) is 2.11. The van der Waals surface area contributed by atoms with E-state index in [1.807, 2.05) is 6.07 Å². The predicted molar refractivity (Wildman–Crippen MR) is 60.4 cm³/mol. The van der Waals surface area contributed by atoms with Gasteiger partial charge in [-0.3, -0.25) is 4.79 Å². The van der Waals surface area contributed by atoms with Crippen molar-refractivity contribution in [2.75, 3.05) is 7.11 Å². The standard InChI is InChI=1S/C10H8INO2/c1-14-9-4-7(5-10(11)13)2-3-8(9)6-12/h2-4H,5H2,1H3. The number of ether oxygens (including phenoxy) is 1. The van der Waals surface area contributed by atoms with Crippen LogP contribution in [0.2, 0.25) is 0 Å². The van der Waals surface area contributed by atoms with Crippen LogP contribution in [0, 0.1) is 11.3 Å². The number of rotatable bonds is 3. The van der Waals surface area contributed by atoms with Crippen LogP contribution in [0.1, 0.15) is 11.1 Å². The topological polar surface area (TPSA) is 50.1 Å². The quantitative estimate of drug-likeness (QED) is 0.634. The van der Waals surface area contributed by atoms with Crippen LogP contribution in [0.25, 0.3) is 0 Å². The van der Waals surface area contributed by atoms with Crippen LogP contribution in [0.4, 0.5) is 0 Å². The van der Waals surface area contributed by atoms with Gasteiger partial charge in [0.2, 0.25) is 0 Å². The summed E-state index contributed by atoms with van der Waals surface area (Å²) in [5, 5.41) is 8.72. The van der Waals surface area contributed by atoms with Gasteiger partial charge in [-0.2, -0.15) is 5.26 Å². The van der Waals surface area contributed by atoms with Crippen molar-refractivity contribution in [3.63, 3.8) is 0 Å². The zero-order valence-electron chi connectivity index (χ0n) is 7.58. The molecular weight excluding hydrogens is 293 g/mol. The molecular formula is C10H8INO2. The first-order chi connectivity index (χ1) is 6.67. The summed E-state index contributed by atoms with van der Waals surface area (Å²) >= 11 is 1.74. The number of nitrogens with zero attached hydrogens (tertiary/aromatic N) is 1. The van der Waals surface area contributed by atoms with Crippen molar-refractivity contribution in [3.8, 4) is 11.8 Å². The zero-order chi connectivity index (χ0) is 10.6. The largest absolute Gasteiger partial charge is 0.495 e. The van der Waals surface area contributed by atoms with Crippen LogP contribution >= 0.6 is 22.6 Å². The summed E-state index contributed by atoms with van der Waals surface area (Å²) in [6, 6.07) is 7.15. The highest BCUT2D eigenvalue weighted by molar-refractivity contribution is 14.1. The maximum absolute atomic E-state index is 10.8.